The summed E-state index contributed by atoms with van der Waals surface area (Å²) in [6, 6.07) is 0. The lowest BCUT2D eigenvalue weighted by molar-refractivity contribution is -0.161. The van der Waals surface area contributed by atoms with Gasteiger partial charge in [0.2, 0.25) is 0 Å². The molecule has 3 N–H and O–H groups in total. The second kappa shape index (κ2) is 55.6. The molecule has 82 heavy (non-hydrogen) atoms. The highest BCUT2D eigenvalue weighted by Gasteiger charge is 2.30. The number of phosphoric ester groups is 2. The Morgan fingerprint density at radius 3 is 0.927 bits per heavy atom. The molecule has 0 bridgehead atoms. The molecule has 0 saturated heterocycles. The Morgan fingerprint density at radius 2 is 0.622 bits per heavy atom. The summed E-state index contributed by atoms with van der Waals surface area (Å²) in [5.41, 5.74) is 0. The minimum absolute atomic E-state index is 0.105. The van der Waals surface area contributed by atoms with E-state index in [2.05, 4.69) is 41.5 Å². The maximum Gasteiger partial charge on any atom is 0.472 e. The number of ether oxygens (including phenoxy) is 4. The number of hydrogen-bond acceptors (Lipinski definition) is 15. The van der Waals surface area contributed by atoms with Crippen molar-refractivity contribution in [3.05, 3.63) is 0 Å². The molecule has 0 amide bonds. The van der Waals surface area contributed by atoms with E-state index in [1.807, 2.05) is 0 Å². The van der Waals surface area contributed by atoms with Crippen LogP contribution in [0, 0.1) is 11.8 Å². The lowest BCUT2D eigenvalue weighted by Crippen LogP contribution is -2.30. The first-order valence-corrected chi connectivity index (χ1v) is 36.0. The lowest BCUT2D eigenvalue weighted by atomic mass is 9.99. The first kappa shape index (κ1) is 80.1. The van der Waals surface area contributed by atoms with Crippen molar-refractivity contribution in [1.82, 2.24) is 0 Å². The number of aliphatic hydroxyl groups excluding tert-OH is 1. The largest absolute Gasteiger partial charge is 0.472 e. The first-order valence-electron chi connectivity index (χ1n) is 33.0. The monoisotopic (exact) mass is 1210 g/mol. The molecule has 0 spiro atoms. The molecule has 0 fully saturated rings. The van der Waals surface area contributed by atoms with E-state index < -0.39 is 97.5 Å². The van der Waals surface area contributed by atoms with Gasteiger partial charge in [0.25, 0.3) is 0 Å². The number of rotatable bonds is 62. The summed E-state index contributed by atoms with van der Waals surface area (Å²) < 4.78 is 67.8. The van der Waals surface area contributed by atoms with Crippen LogP contribution in [0.4, 0.5) is 0 Å². The Balaban J connectivity index is 5.22. The van der Waals surface area contributed by atoms with E-state index in [1.165, 1.54) is 116 Å². The van der Waals surface area contributed by atoms with Gasteiger partial charge in [0.05, 0.1) is 26.4 Å². The average Bonchev–Trinajstić information content (AvgIpc) is 3.46. The highest BCUT2D eigenvalue weighted by molar-refractivity contribution is 7.47. The average molecular weight is 1210 g/mol. The number of aliphatic hydroxyl groups is 1. The Kier molecular flexibility index (Phi) is 54.3. The van der Waals surface area contributed by atoms with Crippen LogP contribution in [0.5, 0.6) is 0 Å². The van der Waals surface area contributed by atoms with Gasteiger partial charge in [-0.2, -0.15) is 0 Å². The fourth-order valence-corrected chi connectivity index (χ4v) is 10.9. The van der Waals surface area contributed by atoms with Crippen molar-refractivity contribution in [1.29, 1.82) is 0 Å². The van der Waals surface area contributed by atoms with Crippen LogP contribution >= 0.6 is 15.6 Å². The van der Waals surface area contributed by atoms with Gasteiger partial charge in [-0.3, -0.25) is 37.3 Å². The molecule has 0 aromatic rings. The summed E-state index contributed by atoms with van der Waals surface area (Å²) in [6.45, 7) is 9.44. The van der Waals surface area contributed by atoms with Gasteiger partial charge in [0.1, 0.15) is 19.3 Å². The zero-order valence-electron chi connectivity index (χ0n) is 52.8. The maximum absolute atomic E-state index is 13.0. The quantitative estimate of drug-likeness (QED) is 0.0222. The number of carbonyl (C=O) groups excluding carboxylic acids is 4. The van der Waals surface area contributed by atoms with Crippen molar-refractivity contribution in [3.8, 4) is 0 Å². The standard InChI is InChI=1S/C63H122O17P2/c1-7-10-12-14-16-20-29-35-41-47-62(67)79-58(51-73-60(65)45-39-33-25-15-13-11-8-2)53-77-81(69,70)75-49-57(64)50-76-82(71,72)78-54-59(52-74-61(66)46-40-34-28-24-19-21-26-31-37-43-55(4)5)80-63(68)48-42-36-30-23-18-17-22-27-32-38-44-56(6)9-3/h55-59,64H,7-54H2,1-6H3,(H,69,70)(H,71,72)/t56?,57-,58+,59+/m0/s1. The molecule has 6 atom stereocenters. The molecule has 0 rings (SSSR count). The SMILES string of the molecule is CCCCCCCCCCCC(=O)O[C@H](COC(=O)CCCCCCCCC)COP(=O)(O)OC[C@H](O)COP(=O)(O)OC[C@@H](COC(=O)CCCCCCCCCCCC(C)C)OC(=O)CCCCCCCCCCCCC(C)CC. The van der Waals surface area contributed by atoms with Gasteiger partial charge in [-0.25, -0.2) is 9.13 Å². The van der Waals surface area contributed by atoms with Crippen molar-refractivity contribution >= 4 is 39.5 Å². The number of carbonyl (C=O) groups is 4. The number of esters is 4. The van der Waals surface area contributed by atoms with Crippen LogP contribution in [0.2, 0.25) is 0 Å². The molecule has 486 valence electrons. The number of phosphoric acid groups is 2. The molecule has 17 nitrogen and oxygen atoms in total. The summed E-state index contributed by atoms with van der Waals surface area (Å²) in [5, 5.41) is 10.5. The predicted octanol–water partition coefficient (Wildman–Crippen LogP) is 17.3. The third kappa shape index (κ3) is 55.9. The predicted molar refractivity (Wildman–Crippen MR) is 326 cm³/mol. The van der Waals surface area contributed by atoms with Gasteiger partial charge < -0.3 is 33.8 Å². The fraction of sp³-hybridized carbons (Fsp3) is 0.937. The third-order valence-electron chi connectivity index (χ3n) is 14.8. The third-order valence-corrected chi connectivity index (χ3v) is 16.7. The van der Waals surface area contributed by atoms with Crippen LogP contribution < -0.4 is 0 Å². The molecular formula is C63H122O17P2. The van der Waals surface area contributed by atoms with E-state index in [0.717, 1.165) is 115 Å². The smallest absolute Gasteiger partial charge is 0.462 e. The highest BCUT2D eigenvalue weighted by atomic mass is 31.2. The molecule has 0 aromatic heterocycles. The summed E-state index contributed by atoms with van der Waals surface area (Å²) in [6.07, 6.45) is 37.6. The van der Waals surface area contributed by atoms with Crippen molar-refractivity contribution in [2.24, 2.45) is 11.8 Å². The van der Waals surface area contributed by atoms with Crippen LogP contribution in [-0.4, -0.2) is 96.7 Å². The van der Waals surface area contributed by atoms with Gasteiger partial charge in [0, 0.05) is 25.7 Å². The maximum atomic E-state index is 13.0. The van der Waals surface area contributed by atoms with Crippen LogP contribution in [-0.2, 0) is 65.4 Å². The molecule has 0 aliphatic carbocycles. The van der Waals surface area contributed by atoms with Crippen LogP contribution in [0.15, 0.2) is 0 Å². The summed E-state index contributed by atoms with van der Waals surface area (Å²) in [7, 11) is -9.88. The van der Waals surface area contributed by atoms with E-state index in [4.69, 9.17) is 37.0 Å². The summed E-state index contributed by atoms with van der Waals surface area (Å²) in [5.74, 6) is -0.593. The molecule has 0 aromatic carbocycles. The minimum Gasteiger partial charge on any atom is -0.462 e. The molecule has 0 radical (unpaired) electrons. The molecule has 3 unspecified atom stereocenters. The second-order valence-electron chi connectivity index (χ2n) is 23.5. The van der Waals surface area contributed by atoms with E-state index >= 15 is 0 Å². The zero-order valence-corrected chi connectivity index (χ0v) is 54.6. The minimum atomic E-state index is -4.94. The van der Waals surface area contributed by atoms with Crippen LogP contribution in [0.25, 0.3) is 0 Å². The van der Waals surface area contributed by atoms with Gasteiger partial charge in [-0.05, 0) is 37.5 Å². The number of hydrogen-bond donors (Lipinski definition) is 3. The Labute approximate surface area is 498 Å². The molecule has 0 heterocycles. The molecular weight excluding hydrogens is 1090 g/mol. The van der Waals surface area contributed by atoms with E-state index in [-0.39, 0.29) is 25.7 Å². The Bertz CT molecular complexity index is 1620. The van der Waals surface area contributed by atoms with Gasteiger partial charge in [-0.1, -0.05) is 260 Å². The summed E-state index contributed by atoms with van der Waals surface area (Å²) in [4.78, 5) is 72.0. The molecule has 0 aliphatic heterocycles. The van der Waals surface area contributed by atoms with Gasteiger partial charge >= 0.3 is 39.5 Å². The van der Waals surface area contributed by atoms with Gasteiger partial charge in [-0.15, -0.1) is 0 Å². The van der Waals surface area contributed by atoms with E-state index in [0.29, 0.717) is 25.7 Å². The summed E-state index contributed by atoms with van der Waals surface area (Å²) >= 11 is 0. The van der Waals surface area contributed by atoms with Crippen molar-refractivity contribution < 1.29 is 80.2 Å². The highest BCUT2D eigenvalue weighted by Crippen LogP contribution is 2.45. The van der Waals surface area contributed by atoms with E-state index in [9.17, 15) is 43.2 Å². The lowest BCUT2D eigenvalue weighted by Gasteiger charge is -2.21. The molecule has 0 aliphatic rings. The molecule has 19 heteroatoms. The van der Waals surface area contributed by atoms with Crippen LogP contribution in [0.1, 0.15) is 311 Å². The molecule has 0 saturated carbocycles. The van der Waals surface area contributed by atoms with Crippen molar-refractivity contribution in [2.75, 3.05) is 39.6 Å². The second-order valence-corrected chi connectivity index (χ2v) is 26.4. The number of unbranched alkanes of at least 4 members (excludes halogenated alkanes) is 31. The van der Waals surface area contributed by atoms with Gasteiger partial charge in [0.15, 0.2) is 12.2 Å². The van der Waals surface area contributed by atoms with Crippen LogP contribution in [0.3, 0.4) is 0 Å². The normalized spacial score (nSPS) is 14.7. The first-order chi connectivity index (χ1) is 39.4. The zero-order chi connectivity index (χ0) is 60.8. The fourth-order valence-electron chi connectivity index (χ4n) is 9.32. The van der Waals surface area contributed by atoms with Crippen molar-refractivity contribution in [2.45, 2.75) is 330 Å². The van der Waals surface area contributed by atoms with Crippen molar-refractivity contribution in [3.63, 3.8) is 0 Å². The Hall–Kier alpha value is -1.94. The topological polar surface area (TPSA) is 237 Å². The Morgan fingerprint density at radius 1 is 0.354 bits per heavy atom. The van der Waals surface area contributed by atoms with E-state index in [1.54, 1.807) is 0 Å².